The SMILES string of the molecule is COc1cccc(CN2CCCC3(CCN(Cc4noc(C)n4)C3)C2=O)c1OC. The van der Waals surface area contributed by atoms with Gasteiger partial charge in [-0.1, -0.05) is 17.3 Å². The van der Waals surface area contributed by atoms with Crippen LogP contribution in [0.1, 0.15) is 36.5 Å². The van der Waals surface area contributed by atoms with Crippen molar-refractivity contribution in [2.24, 2.45) is 5.41 Å². The molecule has 2 aromatic rings. The number of aryl methyl sites for hydroxylation is 1. The number of likely N-dealkylation sites (tertiary alicyclic amines) is 2. The predicted octanol–water partition coefficient (Wildman–Crippen LogP) is 2.41. The first-order chi connectivity index (χ1) is 14.0. The largest absolute Gasteiger partial charge is 0.493 e. The third-order valence-corrected chi connectivity index (χ3v) is 6.04. The average molecular weight is 400 g/mol. The van der Waals surface area contributed by atoms with E-state index in [0.29, 0.717) is 36.3 Å². The molecule has 8 heteroatoms. The van der Waals surface area contributed by atoms with E-state index in [4.69, 9.17) is 14.0 Å². The molecular weight excluding hydrogens is 372 g/mol. The van der Waals surface area contributed by atoms with Gasteiger partial charge in [0, 0.05) is 32.1 Å². The Hall–Kier alpha value is -2.61. The molecule has 4 rings (SSSR count). The van der Waals surface area contributed by atoms with Gasteiger partial charge in [0.1, 0.15) is 0 Å². The lowest BCUT2D eigenvalue weighted by atomic mass is 9.78. The normalized spacial score (nSPS) is 22.4. The summed E-state index contributed by atoms with van der Waals surface area (Å²) in [6.07, 6.45) is 2.81. The van der Waals surface area contributed by atoms with Crippen LogP contribution in [0.15, 0.2) is 22.7 Å². The molecule has 1 unspecified atom stereocenters. The highest BCUT2D eigenvalue weighted by Gasteiger charge is 2.48. The summed E-state index contributed by atoms with van der Waals surface area (Å²) in [4.78, 5) is 22.0. The van der Waals surface area contributed by atoms with Crippen molar-refractivity contribution < 1.29 is 18.8 Å². The van der Waals surface area contributed by atoms with E-state index in [1.165, 1.54) is 0 Å². The molecule has 1 spiro atoms. The quantitative estimate of drug-likeness (QED) is 0.736. The third kappa shape index (κ3) is 3.81. The molecule has 0 saturated carbocycles. The van der Waals surface area contributed by atoms with Crippen molar-refractivity contribution in [1.82, 2.24) is 19.9 Å². The van der Waals surface area contributed by atoms with Crippen LogP contribution in [-0.2, 0) is 17.9 Å². The monoisotopic (exact) mass is 400 g/mol. The fourth-order valence-corrected chi connectivity index (χ4v) is 4.66. The Morgan fingerprint density at radius 1 is 1.17 bits per heavy atom. The third-order valence-electron chi connectivity index (χ3n) is 6.04. The Kier molecular flexibility index (Phi) is 5.45. The molecular formula is C21H28N4O4. The molecule has 8 nitrogen and oxygen atoms in total. The van der Waals surface area contributed by atoms with Gasteiger partial charge in [-0.3, -0.25) is 9.69 Å². The predicted molar refractivity (Wildman–Crippen MR) is 106 cm³/mol. The minimum atomic E-state index is -0.316. The van der Waals surface area contributed by atoms with Gasteiger partial charge in [-0.05, 0) is 31.9 Å². The molecule has 2 aliphatic heterocycles. The number of piperidine rings is 1. The van der Waals surface area contributed by atoms with Gasteiger partial charge < -0.3 is 18.9 Å². The highest BCUT2D eigenvalue weighted by molar-refractivity contribution is 5.84. The number of hydrogen-bond acceptors (Lipinski definition) is 7. The summed E-state index contributed by atoms with van der Waals surface area (Å²) in [5, 5.41) is 3.99. The van der Waals surface area contributed by atoms with Crippen LogP contribution in [0.3, 0.4) is 0 Å². The van der Waals surface area contributed by atoms with Crippen molar-refractivity contribution in [2.75, 3.05) is 33.9 Å². The van der Waals surface area contributed by atoms with Crippen molar-refractivity contribution in [1.29, 1.82) is 0 Å². The minimum absolute atomic E-state index is 0.236. The van der Waals surface area contributed by atoms with Gasteiger partial charge in [-0.25, -0.2) is 0 Å². The first-order valence-electron chi connectivity index (χ1n) is 10.1. The summed E-state index contributed by atoms with van der Waals surface area (Å²) < 4.78 is 16.0. The molecule has 3 heterocycles. The molecule has 1 aromatic carbocycles. The van der Waals surface area contributed by atoms with Crippen molar-refractivity contribution in [2.45, 2.75) is 39.3 Å². The number of carbonyl (C=O) groups excluding carboxylic acids is 1. The summed E-state index contributed by atoms with van der Waals surface area (Å²) in [5.74, 6) is 2.87. The number of benzene rings is 1. The molecule has 1 amide bonds. The Balaban J connectivity index is 1.47. The smallest absolute Gasteiger partial charge is 0.230 e. The van der Waals surface area contributed by atoms with E-state index in [-0.39, 0.29) is 11.3 Å². The summed E-state index contributed by atoms with van der Waals surface area (Å²) in [6.45, 7) is 5.32. The van der Waals surface area contributed by atoms with E-state index in [1.807, 2.05) is 23.1 Å². The fraction of sp³-hybridized carbons (Fsp3) is 0.571. The molecule has 0 bridgehead atoms. The molecule has 0 radical (unpaired) electrons. The molecule has 29 heavy (non-hydrogen) atoms. The number of amides is 1. The standard InChI is InChI=1S/C21H28N4O4/c1-15-22-18(23-29-15)13-24-11-9-21(14-24)8-5-10-25(20(21)26)12-16-6-4-7-17(27-2)19(16)28-3/h4,6-7H,5,8-14H2,1-3H3. The zero-order valence-corrected chi connectivity index (χ0v) is 17.3. The molecule has 2 fully saturated rings. The van der Waals surface area contributed by atoms with Crippen LogP contribution in [0.4, 0.5) is 0 Å². The lowest BCUT2D eigenvalue weighted by Crippen LogP contribution is -2.49. The van der Waals surface area contributed by atoms with Crippen molar-refractivity contribution in [3.05, 3.63) is 35.5 Å². The second-order valence-corrected chi connectivity index (χ2v) is 7.95. The number of carbonyl (C=O) groups is 1. The Labute approximate surface area is 170 Å². The molecule has 0 aliphatic carbocycles. The first-order valence-corrected chi connectivity index (χ1v) is 10.1. The van der Waals surface area contributed by atoms with Crippen molar-refractivity contribution in [3.63, 3.8) is 0 Å². The summed E-state index contributed by atoms with van der Waals surface area (Å²) in [5.41, 5.74) is 0.651. The zero-order chi connectivity index (χ0) is 20.4. The van der Waals surface area contributed by atoms with Crippen LogP contribution in [0.2, 0.25) is 0 Å². The Morgan fingerprint density at radius 3 is 2.76 bits per heavy atom. The van der Waals surface area contributed by atoms with Crippen LogP contribution >= 0.6 is 0 Å². The highest BCUT2D eigenvalue weighted by Crippen LogP contribution is 2.41. The molecule has 2 saturated heterocycles. The van der Waals surface area contributed by atoms with Crippen LogP contribution in [0, 0.1) is 12.3 Å². The summed E-state index contributed by atoms with van der Waals surface area (Å²) in [7, 11) is 3.26. The van der Waals surface area contributed by atoms with Crippen LogP contribution < -0.4 is 9.47 Å². The highest BCUT2D eigenvalue weighted by atomic mass is 16.5. The fourth-order valence-electron chi connectivity index (χ4n) is 4.66. The Bertz CT molecular complexity index is 883. The maximum absolute atomic E-state index is 13.5. The lowest BCUT2D eigenvalue weighted by molar-refractivity contribution is -0.146. The van der Waals surface area contributed by atoms with Gasteiger partial charge in [-0.2, -0.15) is 4.98 Å². The van der Waals surface area contributed by atoms with E-state index in [0.717, 1.165) is 44.5 Å². The van der Waals surface area contributed by atoms with E-state index in [9.17, 15) is 4.79 Å². The molecule has 1 aromatic heterocycles. The first kappa shape index (κ1) is 19.7. The maximum Gasteiger partial charge on any atom is 0.230 e. The number of ether oxygens (including phenoxy) is 2. The number of nitrogens with zero attached hydrogens (tertiary/aromatic N) is 4. The molecule has 1 atom stereocenters. The van der Waals surface area contributed by atoms with Crippen LogP contribution in [-0.4, -0.2) is 59.7 Å². The molecule has 2 aliphatic rings. The van der Waals surface area contributed by atoms with Crippen molar-refractivity contribution >= 4 is 5.91 Å². The van der Waals surface area contributed by atoms with Gasteiger partial charge in [0.2, 0.25) is 11.8 Å². The van der Waals surface area contributed by atoms with E-state index < -0.39 is 0 Å². The van der Waals surface area contributed by atoms with Crippen LogP contribution in [0.25, 0.3) is 0 Å². The lowest BCUT2D eigenvalue weighted by Gasteiger charge is -2.39. The van der Waals surface area contributed by atoms with Gasteiger partial charge in [0.25, 0.3) is 0 Å². The minimum Gasteiger partial charge on any atom is -0.493 e. The number of hydrogen-bond donors (Lipinski definition) is 0. The number of methoxy groups -OCH3 is 2. The van der Waals surface area contributed by atoms with E-state index in [1.54, 1.807) is 21.1 Å². The topological polar surface area (TPSA) is 80.9 Å². The zero-order valence-electron chi connectivity index (χ0n) is 17.3. The van der Waals surface area contributed by atoms with Gasteiger partial charge >= 0.3 is 0 Å². The molecule has 0 N–H and O–H groups in total. The van der Waals surface area contributed by atoms with Gasteiger partial charge in [-0.15, -0.1) is 0 Å². The average Bonchev–Trinajstić information content (AvgIpc) is 3.32. The number of rotatable bonds is 6. The summed E-state index contributed by atoms with van der Waals surface area (Å²) in [6, 6.07) is 5.80. The summed E-state index contributed by atoms with van der Waals surface area (Å²) >= 11 is 0. The second kappa shape index (κ2) is 8.02. The van der Waals surface area contributed by atoms with Crippen molar-refractivity contribution in [3.8, 4) is 11.5 Å². The van der Waals surface area contributed by atoms with Gasteiger partial charge in [0.15, 0.2) is 17.3 Å². The number of aromatic nitrogens is 2. The van der Waals surface area contributed by atoms with Gasteiger partial charge in [0.05, 0.1) is 26.2 Å². The van der Waals surface area contributed by atoms with Crippen LogP contribution in [0.5, 0.6) is 11.5 Å². The van der Waals surface area contributed by atoms with E-state index in [2.05, 4.69) is 15.0 Å². The Morgan fingerprint density at radius 2 is 2.03 bits per heavy atom. The number of para-hydroxylation sites is 1. The maximum atomic E-state index is 13.5. The second-order valence-electron chi connectivity index (χ2n) is 7.95. The van der Waals surface area contributed by atoms with E-state index >= 15 is 0 Å². The molecule has 156 valence electrons.